The Morgan fingerprint density at radius 2 is 1.24 bits per heavy atom. The number of aromatic nitrogens is 2. The predicted molar refractivity (Wildman–Crippen MR) is 188 cm³/mol. The molecule has 45 heavy (non-hydrogen) atoms. The predicted octanol–water partition coefficient (Wildman–Crippen LogP) is 8.10. The van der Waals surface area contributed by atoms with Crippen molar-refractivity contribution in [1.29, 1.82) is 0 Å². The van der Waals surface area contributed by atoms with Crippen LogP contribution in [0.15, 0.2) is 117 Å². The van der Waals surface area contributed by atoms with Crippen molar-refractivity contribution in [3.05, 3.63) is 150 Å². The highest BCUT2D eigenvalue weighted by Gasteiger charge is 2.23. The van der Waals surface area contributed by atoms with Crippen LogP contribution in [0.4, 0.5) is 11.4 Å². The first-order valence-corrected chi connectivity index (χ1v) is 15.6. The van der Waals surface area contributed by atoms with E-state index in [-0.39, 0.29) is 28.4 Å². The zero-order chi connectivity index (χ0) is 32.7. The van der Waals surface area contributed by atoms with Crippen molar-refractivity contribution in [3.8, 4) is 11.1 Å². The number of amides is 1. The van der Waals surface area contributed by atoms with Crippen molar-refractivity contribution < 1.29 is 4.79 Å². The normalized spacial score (nSPS) is 11.0. The maximum Gasteiger partial charge on any atom is 0.275 e. The van der Waals surface area contributed by atoms with Crippen molar-refractivity contribution in [2.75, 3.05) is 11.1 Å². The Kier molecular flexibility index (Phi) is 11.1. The number of nitrogens with one attached hydrogen (secondary N) is 1. The lowest BCUT2D eigenvalue weighted by Crippen LogP contribution is -2.32. The Bertz CT molecular complexity index is 1930. The van der Waals surface area contributed by atoms with Crippen molar-refractivity contribution >= 4 is 56.4 Å². The SMILES string of the molecule is CC(C)(C)C(=O)Nc1c(Br)ccn(Cc2ccccc2Cl)c1=O.Nc1c(-c2ccccc2)ccn(Cc2ccccc2Cl)c1=O. The first kappa shape index (κ1) is 33.8. The maximum atomic E-state index is 12.6. The highest BCUT2D eigenvalue weighted by molar-refractivity contribution is 9.10. The first-order valence-electron chi connectivity index (χ1n) is 14.1. The quantitative estimate of drug-likeness (QED) is 0.186. The molecule has 0 fully saturated rings. The summed E-state index contributed by atoms with van der Waals surface area (Å²) in [5.74, 6) is -0.217. The van der Waals surface area contributed by atoms with Crippen LogP contribution in [0, 0.1) is 5.41 Å². The molecule has 0 aliphatic heterocycles. The van der Waals surface area contributed by atoms with E-state index in [1.807, 2.05) is 78.9 Å². The summed E-state index contributed by atoms with van der Waals surface area (Å²) in [4.78, 5) is 37.3. The second kappa shape index (κ2) is 14.8. The molecule has 0 atom stereocenters. The van der Waals surface area contributed by atoms with Crippen molar-refractivity contribution in [3.63, 3.8) is 0 Å². The summed E-state index contributed by atoms with van der Waals surface area (Å²) < 4.78 is 3.64. The van der Waals surface area contributed by atoms with Gasteiger partial charge in [-0.25, -0.2) is 0 Å². The minimum Gasteiger partial charge on any atom is -0.394 e. The Morgan fingerprint density at radius 3 is 1.78 bits per heavy atom. The third kappa shape index (κ3) is 8.54. The molecule has 0 radical (unpaired) electrons. The van der Waals surface area contributed by atoms with E-state index in [1.54, 1.807) is 49.9 Å². The number of nitrogen functional groups attached to an aromatic ring is 1. The van der Waals surface area contributed by atoms with Crippen LogP contribution >= 0.6 is 39.1 Å². The van der Waals surface area contributed by atoms with Gasteiger partial charge in [-0.2, -0.15) is 0 Å². The van der Waals surface area contributed by atoms with Gasteiger partial charge in [-0.15, -0.1) is 0 Å². The molecule has 2 aromatic heterocycles. The van der Waals surface area contributed by atoms with Crippen LogP contribution in [0.25, 0.3) is 11.1 Å². The molecule has 0 aliphatic carbocycles. The molecule has 232 valence electrons. The van der Waals surface area contributed by atoms with Gasteiger partial charge in [-0.1, -0.05) is 111 Å². The molecule has 0 saturated heterocycles. The van der Waals surface area contributed by atoms with Crippen LogP contribution in [0.3, 0.4) is 0 Å². The largest absolute Gasteiger partial charge is 0.394 e. The minimum atomic E-state index is -0.588. The van der Waals surface area contributed by atoms with E-state index in [0.29, 0.717) is 27.6 Å². The van der Waals surface area contributed by atoms with E-state index in [1.165, 1.54) is 4.57 Å². The van der Waals surface area contributed by atoms with Crippen LogP contribution < -0.4 is 22.2 Å². The van der Waals surface area contributed by atoms with Crippen LogP contribution in [0.1, 0.15) is 31.9 Å². The third-order valence-corrected chi connectivity index (χ3v) is 8.32. The summed E-state index contributed by atoms with van der Waals surface area (Å²) in [5, 5.41) is 3.95. The van der Waals surface area contributed by atoms with Gasteiger partial charge in [0.05, 0.1) is 13.1 Å². The summed E-state index contributed by atoms with van der Waals surface area (Å²) >= 11 is 15.6. The molecule has 1 amide bonds. The average molecular weight is 708 g/mol. The summed E-state index contributed by atoms with van der Waals surface area (Å²) in [6.07, 6.45) is 3.42. The number of rotatable bonds is 6. The van der Waals surface area contributed by atoms with Gasteiger partial charge in [-0.3, -0.25) is 14.4 Å². The lowest BCUT2D eigenvalue weighted by molar-refractivity contribution is -0.123. The molecule has 10 heteroatoms. The zero-order valence-electron chi connectivity index (χ0n) is 25.1. The fourth-order valence-electron chi connectivity index (χ4n) is 4.30. The fraction of sp³-hybridized carbons (Fsp3) is 0.171. The number of halogens is 3. The van der Waals surface area contributed by atoms with Crippen LogP contribution in [0.2, 0.25) is 10.0 Å². The molecule has 0 aliphatic rings. The van der Waals surface area contributed by atoms with Gasteiger partial charge in [0.2, 0.25) is 5.91 Å². The lowest BCUT2D eigenvalue weighted by Gasteiger charge is -2.18. The second-order valence-corrected chi connectivity index (χ2v) is 13.0. The highest BCUT2D eigenvalue weighted by atomic mass is 79.9. The Hall–Kier alpha value is -4.11. The van der Waals surface area contributed by atoms with Gasteiger partial charge in [0.1, 0.15) is 11.4 Å². The molecule has 0 bridgehead atoms. The number of nitrogens with zero attached hydrogens (tertiary/aromatic N) is 2. The molecule has 5 aromatic rings. The Morgan fingerprint density at radius 1 is 0.756 bits per heavy atom. The number of nitrogens with two attached hydrogens (primary N) is 1. The Labute approximate surface area is 280 Å². The lowest BCUT2D eigenvalue weighted by atomic mass is 9.95. The second-order valence-electron chi connectivity index (χ2n) is 11.3. The molecule has 0 spiro atoms. The number of carbonyl (C=O) groups is 1. The van der Waals surface area contributed by atoms with Gasteiger partial charge in [-0.05, 0) is 56.9 Å². The standard InChI is InChI=1S/C18H15ClN2O.C17H18BrClN2O2/c19-16-9-5-4-8-14(16)12-21-11-10-15(17(20)18(21)22)13-6-2-1-3-7-13;1-17(2,3)16(23)20-14-12(18)8-9-21(15(14)22)10-11-6-4-5-7-13(11)19/h1-11H,12,20H2;4-9H,10H2,1-3H3,(H,20,23). The van der Waals surface area contributed by atoms with E-state index in [4.69, 9.17) is 28.9 Å². The summed E-state index contributed by atoms with van der Waals surface area (Å²) in [7, 11) is 0. The van der Waals surface area contributed by atoms with Gasteiger partial charge < -0.3 is 20.2 Å². The molecular formula is C35H33BrCl2N4O3. The number of benzene rings is 3. The summed E-state index contributed by atoms with van der Waals surface area (Å²) in [6.45, 7) is 6.12. The summed E-state index contributed by atoms with van der Waals surface area (Å²) in [5.41, 5.74) is 8.86. The zero-order valence-corrected chi connectivity index (χ0v) is 28.2. The van der Waals surface area contributed by atoms with E-state index in [0.717, 1.165) is 22.3 Å². The molecular weight excluding hydrogens is 675 g/mol. The molecule has 7 nitrogen and oxygen atoms in total. The topological polar surface area (TPSA) is 99.1 Å². The van der Waals surface area contributed by atoms with Gasteiger partial charge >= 0.3 is 0 Å². The fourth-order valence-corrected chi connectivity index (χ4v) is 5.07. The van der Waals surface area contributed by atoms with Gasteiger partial charge in [0.25, 0.3) is 11.1 Å². The van der Waals surface area contributed by atoms with Gasteiger partial charge in [0.15, 0.2) is 0 Å². The van der Waals surface area contributed by atoms with Crippen LogP contribution in [-0.2, 0) is 17.9 Å². The number of carbonyl (C=O) groups excluding carboxylic acids is 1. The van der Waals surface area contributed by atoms with Crippen LogP contribution in [0.5, 0.6) is 0 Å². The smallest absolute Gasteiger partial charge is 0.275 e. The molecule has 0 saturated carbocycles. The highest BCUT2D eigenvalue weighted by Crippen LogP contribution is 2.24. The maximum absolute atomic E-state index is 12.6. The van der Waals surface area contributed by atoms with E-state index in [2.05, 4.69) is 21.2 Å². The summed E-state index contributed by atoms with van der Waals surface area (Å²) in [6, 6.07) is 28.1. The number of pyridine rings is 2. The number of anilines is 2. The van der Waals surface area contributed by atoms with E-state index in [9.17, 15) is 14.4 Å². The van der Waals surface area contributed by atoms with Crippen molar-refractivity contribution in [2.24, 2.45) is 5.41 Å². The van der Waals surface area contributed by atoms with Crippen LogP contribution in [-0.4, -0.2) is 15.0 Å². The third-order valence-electron chi connectivity index (χ3n) is 6.92. The number of hydrogen-bond acceptors (Lipinski definition) is 4. The van der Waals surface area contributed by atoms with E-state index >= 15 is 0 Å². The molecule has 3 aromatic carbocycles. The minimum absolute atomic E-state index is 0.207. The molecule has 2 heterocycles. The van der Waals surface area contributed by atoms with Crippen molar-refractivity contribution in [1.82, 2.24) is 9.13 Å². The molecule has 5 rings (SSSR count). The number of hydrogen-bond donors (Lipinski definition) is 2. The average Bonchev–Trinajstić information content (AvgIpc) is 3.01. The first-order chi connectivity index (χ1) is 21.4. The molecule has 0 unspecified atom stereocenters. The van der Waals surface area contributed by atoms with Crippen molar-refractivity contribution in [2.45, 2.75) is 33.9 Å². The van der Waals surface area contributed by atoms with E-state index < -0.39 is 5.41 Å². The monoisotopic (exact) mass is 706 g/mol. The van der Waals surface area contributed by atoms with Gasteiger partial charge in [0, 0.05) is 37.9 Å². The molecule has 3 N–H and O–H groups in total. The Balaban J connectivity index is 0.000000205.